The summed E-state index contributed by atoms with van der Waals surface area (Å²) in [7, 11) is 1.34. The molecule has 0 spiro atoms. The summed E-state index contributed by atoms with van der Waals surface area (Å²) < 4.78 is 10.2. The van der Waals surface area contributed by atoms with Crippen LogP contribution in [0.2, 0.25) is 0 Å². The molecule has 1 heterocycles. The molecule has 1 aliphatic rings. The van der Waals surface area contributed by atoms with Crippen LogP contribution in [-0.2, 0) is 14.3 Å². The van der Waals surface area contributed by atoms with Crippen LogP contribution in [0, 0.1) is 0 Å². The lowest BCUT2D eigenvalue weighted by Crippen LogP contribution is -2.54. The van der Waals surface area contributed by atoms with Gasteiger partial charge >= 0.3 is 12.1 Å². The second-order valence-corrected chi connectivity index (χ2v) is 5.95. The van der Waals surface area contributed by atoms with Gasteiger partial charge in [0.05, 0.1) is 19.6 Å². The first-order valence-corrected chi connectivity index (χ1v) is 7.80. The molecule has 0 saturated carbocycles. The van der Waals surface area contributed by atoms with Crippen molar-refractivity contribution in [1.82, 2.24) is 4.90 Å². The van der Waals surface area contributed by atoms with Gasteiger partial charge in [0, 0.05) is 18.5 Å². The van der Waals surface area contributed by atoms with Crippen LogP contribution < -0.4 is 5.73 Å². The van der Waals surface area contributed by atoms with Crippen LogP contribution in [-0.4, -0.2) is 42.3 Å². The highest BCUT2D eigenvalue weighted by Crippen LogP contribution is 2.31. The van der Waals surface area contributed by atoms with E-state index in [1.165, 1.54) is 7.11 Å². The number of cyclic esters (lactones) is 1. The predicted molar refractivity (Wildman–Crippen MR) is 85.7 cm³/mol. The Morgan fingerprint density at radius 2 is 2.04 bits per heavy atom. The van der Waals surface area contributed by atoms with E-state index in [4.69, 9.17) is 15.2 Å². The van der Waals surface area contributed by atoms with Gasteiger partial charge in [-0.05, 0) is 19.4 Å². The molecule has 126 valence electrons. The Balaban J connectivity index is 2.25. The third-order valence-electron chi connectivity index (χ3n) is 4.28. The predicted octanol–water partition coefficient (Wildman–Crippen LogP) is 2.24. The quantitative estimate of drug-likeness (QED) is 0.841. The standard InChI is InChI=1S/C17H24N2O4/c1-11(18)15-9-14(10-16(20)22-3)19(17(21)23-15)12(2)13-7-5-4-6-8-13/h4-8,11-12,14-15H,9-10,18H2,1-3H3/t11-,12-,14-,15-/m1/s1. The Morgan fingerprint density at radius 3 is 2.61 bits per heavy atom. The van der Waals surface area contributed by atoms with Gasteiger partial charge in [-0.2, -0.15) is 0 Å². The van der Waals surface area contributed by atoms with E-state index >= 15 is 0 Å². The Morgan fingerprint density at radius 1 is 1.39 bits per heavy atom. The first kappa shape index (κ1) is 17.3. The Hall–Kier alpha value is -2.08. The van der Waals surface area contributed by atoms with Crippen molar-refractivity contribution in [2.45, 2.75) is 50.9 Å². The number of carbonyl (C=O) groups is 2. The van der Waals surface area contributed by atoms with Crippen LogP contribution in [0.1, 0.15) is 38.3 Å². The van der Waals surface area contributed by atoms with Crippen LogP contribution in [0.4, 0.5) is 4.79 Å². The lowest BCUT2D eigenvalue weighted by Gasteiger charge is -2.42. The van der Waals surface area contributed by atoms with Gasteiger partial charge in [-0.3, -0.25) is 9.69 Å². The molecule has 2 N–H and O–H groups in total. The van der Waals surface area contributed by atoms with E-state index in [-0.39, 0.29) is 30.5 Å². The third kappa shape index (κ3) is 4.01. The summed E-state index contributed by atoms with van der Waals surface area (Å²) in [6.07, 6.45) is -0.193. The van der Waals surface area contributed by atoms with Gasteiger partial charge in [0.1, 0.15) is 6.10 Å². The van der Waals surface area contributed by atoms with Gasteiger partial charge < -0.3 is 15.2 Å². The fourth-order valence-corrected chi connectivity index (χ4v) is 2.92. The zero-order valence-corrected chi connectivity index (χ0v) is 13.8. The molecule has 1 fully saturated rings. The lowest BCUT2D eigenvalue weighted by molar-refractivity contribution is -0.143. The summed E-state index contributed by atoms with van der Waals surface area (Å²) in [5.74, 6) is -0.349. The first-order valence-electron chi connectivity index (χ1n) is 7.80. The molecule has 0 bridgehead atoms. The number of hydrogen-bond acceptors (Lipinski definition) is 5. The molecule has 2 rings (SSSR count). The molecule has 1 saturated heterocycles. The van der Waals surface area contributed by atoms with E-state index in [1.54, 1.807) is 11.8 Å². The number of carbonyl (C=O) groups excluding carboxylic acids is 2. The maximum Gasteiger partial charge on any atom is 0.410 e. The second-order valence-electron chi connectivity index (χ2n) is 5.95. The average Bonchev–Trinajstić information content (AvgIpc) is 2.54. The van der Waals surface area contributed by atoms with Crippen molar-refractivity contribution in [3.05, 3.63) is 35.9 Å². The third-order valence-corrected chi connectivity index (χ3v) is 4.28. The average molecular weight is 320 g/mol. The number of amides is 1. The largest absolute Gasteiger partial charge is 0.469 e. The maximum absolute atomic E-state index is 12.5. The van der Waals surface area contributed by atoms with E-state index < -0.39 is 12.2 Å². The molecule has 6 heteroatoms. The number of ether oxygens (including phenoxy) is 2. The molecule has 0 aliphatic carbocycles. The summed E-state index contributed by atoms with van der Waals surface area (Å²) in [4.78, 5) is 25.9. The van der Waals surface area contributed by atoms with Crippen molar-refractivity contribution in [2.75, 3.05) is 7.11 Å². The monoisotopic (exact) mass is 320 g/mol. The van der Waals surface area contributed by atoms with Gasteiger partial charge in [-0.15, -0.1) is 0 Å². The highest BCUT2D eigenvalue weighted by atomic mass is 16.6. The molecule has 1 aromatic carbocycles. The molecule has 4 atom stereocenters. The number of nitrogens with two attached hydrogens (primary N) is 1. The van der Waals surface area contributed by atoms with Crippen molar-refractivity contribution in [3.8, 4) is 0 Å². The van der Waals surface area contributed by atoms with Crippen LogP contribution in [0.15, 0.2) is 30.3 Å². The van der Waals surface area contributed by atoms with E-state index in [0.717, 1.165) is 5.56 Å². The zero-order valence-electron chi connectivity index (χ0n) is 13.8. The van der Waals surface area contributed by atoms with Gasteiger partial charge in [0.25, 0.3) is 0 Å². The number of hydrogen-bond donors (Lipinski definition) is 1. The number of nitrogens with zero attached hydrogens (tertiary/aromatic N) is 1. The summed E-state index contributed by atoms with van der Waals surface area (Å²) in [6, 6.07) is 8.87. The highest BCUT2D eigenvalue weighted by Gasteiger charge is 2.40. The minimum atomic E-state index is -0.441. The topological polar surface area (TPSA) is 81.9 Å². The molecule has 1 aromatic rings. The smallest absolute Gasteiger partial charge is 0.410 e. The van der Waals surface area contributed by atoms with Gasteiger partial charge in [0.2, 0.25) is 0 Å². The molecule has 0 unspecified atom stereocenters. The van der Waals surface area contributed by atoms with Crippen molar-refractivity contribution < 1.29 is 19.1 Å². The number of benzene rings is 1. The van der Waals surface area contributed by atoms with Crippen LogP contribution in [0.5, 0.6) is 0 Å². The van der Waals surface area contributed by atoms with Crippen molar-refractivity contribution >= 4 is 12.1 Å². The lowest BCUT2D eigenvalue weighted by atomic mass is 9.96. The fourth-order valence-electron chi connectivity index (χ4n) is 2.92. The molecule has 23 heavy (non-hydrogen) atoms. The van der Waals surface area contributed by atoms with Crippen LogP contribution in [0.25, 0.3) is 0 Å². The summed E-state index contributed by atoms with van der Waals surface area (Å²) in [5.41, 5.74) is 6.86. The minimum Gasteiger partial charge on any atom is -0.469 e. The fraction of sp³-hybridized carbons (Fsp3) is 0.529. The normalized spacial score (nSPS) is 23.8. The molecular weight excluding hydrogens is 296 g/mol. The number of rotatable bonds is 5. The summed E-state index contributed by atoms with van der Waals surface area (Å²) in [5, 5.41) is 0. The van der Waals surface area contributed by atoms with Gasteiger partial charge in [-0.25, -0.2) is 4.79 Å². The molecular formula is C17H24N2O4. The van der Waals surface area contributed by atoms with E-state index in [2.05, 4.69) is 0 Å². The Labute approximate surface area is 136 Å². The van der Waals surface area contributed by atoms with Crippen LogP contribution in [0.3, 0.4) is 0 Å². The van der Waals surface area contributed by atoms with Crippen LogP contribution >= 0.6 is 0 Å². The minimum absolute atomic E-state index is 0.131. The molecule has 0 radical (unpaired) electrons. The highest BCUT2D eigenvalue weighted by molar-refractivity contribution is 5.74. The maximum atomic E-state index is 12.5. The zero-order chi connectivity index (χ0) is 17.0. The second kappa shape index (κ2) is 7.46. The van der Waals surface area contributed by atoms with Gasteiger partial charge in [-0.1, -0.05) is 30.3 Å². The molecule has 1 amide bonds. The number of methoxy groups -OCH3 is 1. The van der Waals surface area contributed by atoms with E-state index in [0.29, 0.717) is 6.42 Å². The Bertz CT molecular complexity index is 547. The van der Waals surface area contributed by atoms with Gasteiger partial charge in [0.15, 0.2) is 0 Å². The summed E-state index contributed by atoms with van der Waals surface area (Å²) >= 11 is 0. The SMILES string of the molecule is COC(=O)C[C@H]1C[C@H]([C@@H](C)N)OC(=O)N1[C@H](C)c1ccccc1. The van der Waals surface area contributed by atoms with Crippen molar-refractivity contribution in [2.24, 2.45) is 5.73 Å². The molecule has 6 nitrogen and oxygen atoms in total. The first-order chi connectivity index (χ1) is 10.9. The van der Waals surface area contributed by atoms with E-state index in [9.17, 15) is 9.59 Å². The summed E-state index contributed by atoms with van der Waals surface area (Å²) in [6.45, 7) is 3.72. The Kier molecular flexibility index (Phi) is 5.60. The molecule has 0 aromatic heterocycles. The van der Waals surface area contributed by atoms with Crippen molar-refractivity contribution in [3.63, 3.8) is 0 Å². The van der Waals surface area contributed by atoms with Crippen molar-refractivity contribution in [1.29, 1.82) is 0 Å². The van der Waals surface area contributed by atoms with E-state index in [1.807, 2.05) is 37.3 Å². The number of esters is 1. The molecule has 1 aliphatic heterocycles.